The van der Waals surface area contributed by atoms with E-state index in [4.69, 9.17) is 0 Å². The molecule has 0 aliphatic heterocycles. The minimum atomic E-state index is 1.13. The van der Waals surface area contributed by atoms with Gasteiger partial charge in [-0.2, -0.15) is 0 Å². The number of unbranched alkanes of at least 4 members (excludes halogenated alkanes) is 1. The first-order valence-corrected chi connectivity index (χ1v) is 5.63. The maximum Gasteiger partial charge on any atom is -0.0228 e. The molecule has 1 aromatic carbocycles. The Morgan fingerprint density at radius 2 is 1.86 bits per heavy atom. The highest BCUT2D eigenvalue weighted by Crippen LogP contribution is 2.20. The van der Waals surface area contributed by atoms with Gasteiger partial charge in [0.15, 0.2) is 0 Å². The van der Waals surface area contributed by atoms with Crippen molar-refractivity contribution in [2.45, 2.75) is 39.5 Å². The van der Waals surface area contributed by atoms with Crippen LogP contribution in [-0.4, -0.2) is 0 Å². The smallest absolute Gasteiger partial charge is 0.0228 e. The molecule has 0 saturated carbocycles. The zero-order valence-electron chi connectivity index (χ0n) is 9.29. The quantitative estimate of drug-likeness (QED) is 0.630. The summed E-state index contributed by atoms with van der Waals surface area (Å²) in [5, 5.41) is 0. The third-order valence-electron chi connectivity index (χ3n) is 2.39. The fourth-order valence-electron chi connectivity index (χ4n) is 1.63. The lowest BCUT2D eigenvalue weighted by atomic mass is 9.99. The topological polar surface area (TPSA) is 0 Å². The zero-order valence-corrected chi connectivity index (χ0v) is 9.29. The van der Waals surface area contributed by atoms with E-state index in [0.29, 0.717) is 0 Å². The van der Waals surface area contributed by atoms with Crippen molar-refractivity contribution in [1.82, 2.24) is 0 Å². The number of benzene rings is 1. The van der Waals surface area contributed by atoms with Gasteiger partial charge in [0.2, 0.25) is 0 Å². The molecule has 0 spiro atoms. The van der Waals surface area contributed by atoms with Gasteiger partial charge in [0, 0.05) is 0 Å². The summed E-state index contributed by atoms with van der Waals surface area (Å²) >= 11 is 0. The van der Waals surface area contributed by atoms with Crippen molar-refractivity contribution in [3.05, 3.63) is 42.0 Å². The maximum atomic E-state index is 2.35. The molecule has 0 N–H and O–H groups in total. The molecular formula is C14H20. The summed E-state index contributed by atoms with van der Waals surface area (Å²) < 4.78 is 0. The van der Waals surface area contributed by atoms with E-state index in [9.17, 15) is 0 Å². The van der Waals surface area contributed by atoms with E-state index in [0.717, 1.165) is 6.42 Å². The van der Waals surface area contributed by atoms with Gasteiger partial charge in [-0.15, -0.1) is 0 Å². The van der Waals surface area contributed by atoms with Crippen molar-refractivity contribution < 1.29 is 0 Å². The Bertz CT molecular complexity index is 269. The molecule has 0 fully saturated rings. The van der Waals surface area contributed by atoms with Gasteiger partial charge in [-0.1, -0.05) is 56.7 Å². The van der Waals surface area contributed by atoms with Crippen LogP contribution in [0, 0.1) is 0 Å². The summed E-state index contributed by atoms with van der Waals surface area (Å²) in [6, 6.07) is 10.7. The van der Waals surface area contributed by atoms with Crippen LogP contribution in [-0.2, 0) is 0 Å². The van der Waals surface area contributed by atoms with Crippen LogP contribution in [0.1, 0.15) is 45.1 Å². The number of allylic oxidation sites excluding steroid dienone is 2. The lowest BCUT2D eigenvalue weighted by Crippen LogP contribution is -1.84. The van der Waals surface area contributed by atoms with Crippen molar-refractivity contribution in [2.75, 3.05) is 0 Å². The van der Waals surface area contributed by atoms with Crippen molar-refractivity contribution in [3.8, 4) is 0 Å². The fraction of sp³-hybridized carbons (Fsp3) is 0.429. The van der Waals surface area contributed by atoms with Crippen LogP contribution >= 0.6 is 0 Å². The van der Waals surface area contributed by atoms with Crippen LogP contribution in [0.5, 0.6) is 0 Å². The molecule has 0 aromatic heterocycles. The molecule has 0 heteroatoms. The molecular weight excluding hydrogens is 168 g/mol. The number of rotatable bonds is 5. The molecule has 0 amide bonds. The van der Waals surface area contributed by atoms with Gasteiger partial charge in [-0.25, -0.2) is 0 Å². The van der Waals surface area contributed by atoms with Gasteiger partial charge >= 0.3 is 0 Å². The second-order valence-electron chi connectivity index (χ2n) is 3.61. The van der Waals surface area contributed by atoms with Gasteiger partial charge in [0.25, 0.3) is 0 Å². The molecule has 0 aliphatic carbocycles. The van der Waals surface area contributed by atoms with E-state index in [1.165, 1.54) is 30.4 Å². The van der Waals surface area contributed by atoms with E-state index >= 15 is 0 Å². The third-order valence-corrected chi connectivity index (χ3v) is 2.39. The highest BCUT2D eigenvalue weighted by Gasteiger charge is 1.98. The van der Waals surface area contributed by atoms with Crippen molar-refractivity contribution in [3.63, 3.8) is 0 Å². The minimum Gasteiger partial charge on any atom is -0.0810 e. The fourth-order valence-corrected chi connectivity index (χ4v) is 1.63. The molecule has 1 aromatic rings. The average Bonchev–Trinajstić information content (AvgIpc) is 2.25. The normalized spacial score (nSPS) is 11.7. The molecule has 0 heterocycles. The van der Waals surface area contributed by atoms with Crippen LogP contribution in [0.2, 0.25) is 0 Å². The maximum absolute atomic E-state index is 2.35. The van der Waals surface area contributed by atoms with Crippen LogP contribution in [0.15, 0.2) is 36.4 Å². The number of hydrogen-bond donors (Lipinski definition) is 0. The molecule has 0 atom stereocenters. The van der Waals surface area contributed by atoms with E-state index in [2.05, 4.69) is 50.3 Å². The van der Waals surface area contributed by atoms with Crippen molar-refractivity contribution in [1.29, 1.82) is 0 Å². The molecule has 0 radical (unpaired) electrons. The summed E-state index contributed by atoms with van der Waals surface area (Å²) in [4.78, 5) is 0. The van der Waals surface area contributed by atoms with Gasteiger partial charge < -0.3 is 0 Å². The van der Waals surface area contributed by atoms with Crippen LogP contribution in [0.4, 0.5) is 0 Å². The Labute approximate surface area is 87.7 Å². The monoisotopic (exact) mass is 188 g/mol. The second kappa shape index (κ2) is 6.42. The predicted molar refractivity (Wildman–Crippen MR) is 64.2 cm³/mol. The van der Waals surface area contributed by atoms with Crippen LogP contribution in [0.25, 0.3) is 5.57 Å². The Hall–Kier alpha value is -1.04. The summed E-state index contributed by atoms with van der Waals surface area (Å²) in [5.41, 5.74) is 2.90. The molecule has 0 saturated heterocycles. The molecule has 0 unspecified atom stereocenters. The molecule has 0 bridgehead atoms. The van der Waals surface area contributed by atoms with Gasteiger partial charge in [0.05, 0.1) is 0 Å². The minimum absolute atomic E-state index is 1.13. The zero-order chi connectivity index (χ0) is 10.2. The van der Waals surface area contributed by atoms with E-state index in [1.54, 1.807) is 0 Å². The summed E-state index contributed by atoms with van der Waals surface area (Å²) in [6.45, 7) is 4.45. The first-order valence-electron chi connectivity index (χ1n) is 5.63. The van der Waals surface area contributed by atoms with Gasteiger partial charge in [-0.05, 0) is 30.4 Å². The van der Waals surface area contributed by atoms with Gasteiger partial charge in [-0.3, -0.25) is 0 Å². The average molecular weight is 188 g/mol. The summed E-state index contributed by atoms with van der Waals surface area (Å²) in [6.07, 6.45) is 7.27. The SMILES string of the molecule is CCC=C(CCCC)c1ccccc1. The third kappa shape index (κ3) is 3.37. The Morgan fingerprint density at radius 1 is 1.14 bits per heavy atom. The Balaban J connectivity index is 2.73. The molecule has 0 aliphatic rings. The first kappa shape index (κ1) is 11.0. The van der Waals surface area contributed by atoms with Crippen molar-refractivity contribution in [2.24, 2.45) is 0 Å². The Kier molecular flexibility index (Phi) is 5.06. The van der Waals surface area contributed by atoms with Crippen LogP contribution in [0.3, 0.4) is 0 Å². The van der Waals surface area contributed by atoms with Crippen molar-refractivity contribution >= 4 is 5.57 Å². The summed E-state index contributed by atoms with van der Waals surface area (Å²) in [5.74, 6) is 0. The second-order valence-corrected chi connectivity index (χ2v) is 3.61. The van der Waals surface area contributed by atoms with Gasteiger partial charge in [0.1, 0.15) is 0 Å². The van der Waals surface area contributed by atoms with E-state index in [-0.39, 0.29) is 0 Å². The largest absolute Gasteiger partial charge is 0.0810 e. The lowest BCUT2D eigenvalue weighted by molar-refractivity contribution is 0.822. The van der Waals surface area contributed by atoms with Crippen LogP contribution < -0.4 is 0 Å². The lowest BCUT2D eigenvalue weighted by Gasteiger charge is -2.06. The number of hydrogen-bond acceptors (Lipinski definition) is 0. The highest BCUT2D eigenvalue weighted by molar-refractivity contribution is 5.65. The molecule has 76 valence electrons. The first-order chi connectivity index (χ1) is 6.88. The molecule has 14 heavy (non-hydrogen) atoms. The predicted octanol–water partition coefficient (Wildman–Crippen LogP) is 4.67. The highest BCUT2D eigenvalue weighted by atomic mass is 14.0. The molecule has 0 nitrogen and oxygen atoms in total. The Morgan fingerprint density at radius 3 is 2.43 bits per heavy atom. The summed E-state index contributed by atoms with van der Waals surface area (Å²) in [7, 11) is 0. The standard InChI is InChI=1S/C14H20/c1-3-5-10-13(9-4-2)14-11-7-6-8-12-14/h6-9,11-12H,3-5,10H2,1-2H3. The molecule has 1 rings (SSSR count). The van der Waals surface area contributed by atoms with E-state index < -0.39 is 0 Å². The van der Waals surface area contributed by atoms with E-state index in [1.807, 2.05) is 0 Å².